The van der Waals surface area contributed by atoms with Crippen molar-refractivity contribution < 1.29 is 22.5 Å². The maximum Gasteiger partial charge on any atom is 0.273 e. The number of hydrogen-bond acceptors (Lipinski definition) is 4. The highest BCUT2D eigenvalue weighted by molar-refractivity contribution is 5.92. The monoisotopic (exact) mass is 339 g/mol. The molecule has 5 nitrogen and oxygen atoms in total. The number of likely N-dealkylation sites (N-methyl/N-ethyl adjacent to an activating group) is 1. The van der Waals surface area contributed by atoms with Gasteiger partial charge in [0.05, 0.1) is 12.1 Å². The Morgan fingerprint density at radius 3 is 2.67 bits per heavy atom. The van der Waals surface area contributed by atoms with Gasteiger partial charge in [-0.25, -0.2) is 13.2 Å². The highest BCUT2D eigenvalue weighted by Gasteiger charge is 2.36. The lowest BCUT2D eigenvalue weighted by atomic mass is 9.99. The van der Waals surface area contributed by atoms with Crippen molar-refractivity contribution in [3.63, 3.8) is 0 Å². The first kappa shape index (κ1) is 16.5. The normalized spacial score (nSPS) is 21.2. The van der Waals surface area contributed by atoms with Gasteiger partial charge in [0.2, 0.25) is 0 Å². The lowest BCUT2D eigenvalue weighted by Crippen LogP contribution is -2.40. The zero-order valence-corrected chi connectivity index (χ0v) is 12.9. The molecule has 0 saturated carbocycles. The van der Waals surface area contributed by atoms with Gasteiger partial charge in [0.1, 0.15) is 6.26 Å². The van der Waals surface area contributed by atoms with Crippen LogP contribution in [0.4, 0.5) is 13.2 Å². The third-order valence-electron chi connectivity index (χ3n) is 4.24. The highest BCUT2D eigenvalue weighted by Crippen LogP contribution is 2.33. The summed E-state index contributed by atoms with van der Waals surface area (Å²) in [4.78, 5) is 14.1. The van der Waals surface area contributed by atoms with Crippen LogP contribution in [0.5, 0.6) is 0 Å². The predicted octanol–water partition coefficient (Wildman–Crippen LogP) is 2.66. The lowest BCUT2D eigenvalue weighted by Gasteiger charge is -2.28. The molecule has 2 aromatic rings. The standard InChI is InChI=1S/C16H16F3N3O2/c1-2-22-5-3-12(20-16(23)13-4-6-24-21-13)15(22)9-7-10(17)14(19)11(18)8-9/h4,6-8,12,15H,2-3,5H2,1H3,(H,20,23)/t12-,15-/m0/s1. The topological polar surface area (TPSA) is 58.4 Å². The summed E-state index contributed by atoms with van der Waals surface area (Å²) in [7, 11) is 0. The van der Waals surface area contributed by atoms with Crippen molar-refractivity contribution in [1.82, 2.24) is 15.4 Å². The van der Waals surface area contributed by atoms with Crippen molar-refractivity contribution in [2.24, 2.45) is 0 Å². The number of aromatic nitrogens is 1. The van der Waals surface area contributed by atoms with E-state index in [0.717, 1.165) is 12.1 Å². The number of carbonyl (C=O) groups excluding carboxylic acids is 1. The van der Waals surface area contributed by atoms with Crippen LogP contribution >= 0.6 is 0 Å². The van der Waals surface area contributed by atoms with Crippen molar-refractivity contribution in [1.29, 1.82) is 0 Å². The second kappa shape index (κ2) is 6.64. The minimum Gasteiger partial charge on any atom is -0.364 e. The molecule has 0 aliphatic carbocycles. The first-order chi connectivity index (χ1) is 11.5. The maximum absolute atomic E-state index is 13.6. The molecule has 1 N–H and O–H groups in total. The van der Waals surface area contributed by atoms with Crippen LogP contribution in [-0.4, -0.2) is 35.1 Å². The van der Waals surface area contributed by atoms with E-state index in [1.54, 1.807) is 0 Å². The van der Waals surface area contributed by atoms with E-state index in [1.807, 2.05) is 11.8 Å². The Morgan fingerprint density at radius 2 is 2.08 bits per heavy atom. The van der Waals surface area contributed by atoms with Gasteiger partial charge in [-0.05, 0) is 30.7 Å². The molecule has 0 radical (unpaired) electrons. The number of hydrogen-bond donors (Lipinski definition) is 1. The number of rotatable bonds is 4. The Labute approximate surface area is 136 Å². The molecular weight excluding hydrogens is 323 g/mol. The van der Waals surface area contributed by atoms with Crippen molar-refractivity contribution in [2.75, 3.05) is 13.1 Å². The van der Waals surface area contributed by atoms with Crippen LogP contribution in [0.15, 0.2) is 29.0 Å². The van der Waals surface area contributed by atoms with Crippen LogP contribution in [0.25, 0.3) is 0 Å². The minimum atomic E-state index is -1.50. The molecule has 8 heteroatoms. The third-order valence-corrected chi connectivity index (χ3v) is 4.24. The molecule has 0 spiro atoms. The average molecular weight is 339 g/mol. The van der Waals surface area contributed by atoms with Crippen molar-refractivity contribution >= 4 is 5.91 Å². The van der Waals surface area contributed by atoms with Crippen LogP contribution in [0.3, 0.4) is 0 Å². The zero-order valence-electron chi connectivity index (χ0n) is 12.9. The molecular formula is C16H16F3N3O2. The van der Waals surface area contributed by atoms with Gasteiger partial charge in [0, 0.05) is 12.6 Å². The number of nitrogens with zero attached hydrogens (tertiary/aromatic N) is 2. The second-order valence-electron chi connectivity index (χ2n) is 5.63. The largest absolute Gasteiger partial charge is 0.364 e. The Balaban J connectivity index is 1.88. The van der Waals surface area contributed by atoms with Gasteiger partial charge in [-0.2, -0.15) is 0 Å². The van der Waals surface area contributed by atoms with Crippen LogP contribution < -0.4 is 5.32 Å². The molecule has 2 heterocycles. The Kier molecular flexibility index (Phi) is 4.57. The summed E-state index contributed by atoms with van der Waals surface area (Å²) in [6.45, 7) is 3.18. The predicted molar refractivity (Wildman–Crippen MR) is 78.7 cm³/mol. The Morgan fingerprint density at radius 1 is 1.38 bits per heavy atom. The van der Waals surface area contributed by atoms with E-state index in [4.69, 9.17) is 0 Å². The van der Waals surface area contributed by atoms with Gasteiger partial charge < -0.3 is 9.84 Å². The molecule has 1 saturated heterocycles. The maximum atomic E-state index is 13.6. The molecule has 24 heavy (non-hydrogen) atoms. The first-order valence-corrected chi connectivity index (χ1v) is 7.61. The molecule has 0 bridgehead atoms. The average Bonchev–Trinajstić information content (AvgIpc) is 3.21. The summed E-state index contributed by atoms with van der Waals surface area (Å²) in [5.41, 5.74) is 0.413. The van der Waals surface area contributed by atoms with E-state index in [9.17, 15) is 18.0 Å². The molecule has 2 atom stereocenters. The smallest absolute Gasteiger partial charge is 0.273 e. The van der Waals surface area contributed by atoms with Crippen LogP contribution in [-0.2, 0) is 0 Å². The summed E-state index contributed by atoms with van der Waals surface area (Å²) in [5, 5.41) is 6.37. The Bertz CT molecular complexity index is 713. The molecule has 1 aliphatic rings. The number of nitrogens with one attached hydrogen (secondary N) is 1. The molecule has 0 unspecified atom stereocenters. The first-order valence-electron chi connectivity index (χ1n) is 7.61. The van der Waals surface area contributed by atoms with Gasteiger partial charge in [0.25, 0.3) is 5.91 Å². The fourth-order valence-electron chi connectivity index (χ4n) is 3.12. The van der Waals surface area contributed by atoms with Gasteiger partial charge in [-0.3, -0.25) is 9.69 Å². The number of benzene rings is 1. The number of carbonyl (C=O) groups is 1. The summed E-state index contributed by atoms with van der Waals surface area (Å²) in [6, 6.07) is 2.56. The molecule has 1 fully saturated rings. The molecule has 1 aliphatic heterocycles. The highest BCUT2D eigenvalue weighted by atomic mass is 19.2. The number of amides is 1. The van der Waals surface area contributed by atoms with Gasteiger partial charge >= 0.3 is 0 Å². The lowest BCUT2D eigenvalue weighted by molar-refractivity contribution is 0.0916. The third kappa shape index (κ3) is 3.01. The van der Waals surface area contributed by atoms with E-state index in [-0.39, 0.29) is 17.3 Å². The molecule has 128 valence electrons. The Hall–Kier alpha value is -2.35. The van der Waals surface area contributed by atoms with E-state index in [1.165, 1.54) is 12.3 Å². The van der Waals surface area contributed by atoms with Gasteiger partial charge in [0.15, 0.2) is 23.1 Å². The molecule has 1 aromatic heterocycles. The van der Waals surface area contributed by atoms with E-state index < -0.39 is 29.4 Å². The van der Waals surface area contributed by atoms with Crippen molar-refractivity contribution in [2.45, 2.75) is 25.4 Å². The van der Waals surface area contributed by atoms with Gasteiger partial charge in [-0.15, -0.1) is 0 Å². The van der Waals surface area contributed by atoms with Crippen LogP contribution in [0.2, 0.25) is 0 Å². The minimum absolute atomic E-state index is 0.125. The SMILES string of the molecule is CCN1CC[C@H](NC(=O)c2ccon2)[C@@H]1c1cc(F)c(F)c(F)c1. The van der Waals surface area contributed by atoms with Crippen molar-refractivity contribution in [3.05, 3.63) is 53.2 Å². The fourth-order valence-corrected chi connectivity index (χ4v) is 3.12. The van der Waals surface area contributed by atoms with Gasteiger partial charge in [-0.1, -0.05) is 12.1 Å². The zero-order chi connectivity index (χ0) is 17.3. The molecule has 1 aromatic carbocycles. The fraction of sp³-hybridized carbons (Fsp3) is 0.375. The van der Waals surface area contributed by atoms with Crippen molar-refractivity contribution in [3.8, 4) is 0 Å². The van der Waals surface area contributed by atoms with E-state index in [2.05, 4.69) is 15.0 Å². The number of halogens is 3. The number of likely N-dealkylation sites (tertiary alicyclic amines) is 1. The molecule has 1 amide bonds. The summed E-state index contributed by atoms with van der Waals surface area (Å²) in [5.74, 6) is -4.41. The van der Waals surface area contributed by atoms with Crippen LogP contribution in [0, 0.1) is 17.5 Å². The van der Waals surface area contributed by atoms with Crippen LogP contribution in [0.1, 0.15) is 35.4 Å². The second-order valence-corrected chi connectivity index (χ2v) is 5.63. The summed E-state index contributed by atoms with van der Waals surface area (Å²) < 4.78 is 45.0. The van der Waals surface area contributed by atoms with E-state index >= 15 is 0 Å². The molecule has 3 rings (SSSR count). The summed E-state index contributed by atoms with van der Waals surface area (Å²) in [6.07, 6.45) is 1.88. The van der Waals surface area contributed by atoms with E-state index in [0.29, 0.717) is 19.5 Å². The quantitative estimate of drug-likeness (QED) is 0.870. The summed E-state index contributed by atoms with van der Waals surface area (Å²) >= 11 is 0.